The molecule has 6 nitrogen and oxygen atoms in total. The Morgan fingerprint density at radius 3 is 2.82 bits per heavy atom. The first kappa shape index (κ1) is 17.8. The summed E-state index contributed by atoms with van der Waals surface area (Å²) in [6.07, 6.45) is 3.28. The Bertz CT molecular complexity index is 1160. The van der Waals surface area contributed by atoms with E-state index in [0.717, 1.165) is 22.2 Å². The lowest BCUT2D eigenvalue weighted by Gasteiger charge is -2.05. The van der Waals surface area contributed by atoms with Gasteiger partial charge in [-0.3, -0.25) is 9.48 Å². The van der Waals surface area contributed by atoms with Gasteiger partial charge >= 0.3 is 0 Å². The van der Waals surface area contributed by atoms with Crippen LogP contribution in [0.5, 0.6) is 5.75 Å². The van der Waals surface area contributed by atoms with Gasteiger partial charge in [-0.15, -0.1) is 0 Å². The SMILES string of the molecule is COc1cccc2c1cc(C(=O)Nc1cnn(Cc3cccc(F)c3)c1)n2C. The van der Waals surface area contributed by atoms with Gasteiger partial charge in [-0.05, 0) is 35.9 Å². The van der Waals surface area contributed by atoms with Crippen LogP contribution in [0, 0.1) is 5.82 Å². The number of nitrogens with zero attached hydrogens (tertiary/aromatic N) is 3. The van der Waals surface area contributed by atoms with Crippen molar-refractivity contribution in [2.24, 2.45) is 7.05 Å². The summed E-state index contributed by atoms with van der Waals surface area (Å²) in [6.45, 7) is 0.416. The molecule has 0 unspecified atom stereocenters. The minimum atomic E-state index is -0.288. The Kier molecular flexibility index (Phi) is 4.57. The Hall–Kier alpha value is -3.61. The zero-order valence-corrected chi connectivity index (χ0v) is 15.5. The molecule has 0 spiro atoms. The van der Waals surface area contributed by atoms with E-state index in [1.165, 1.54) is 12.1 Å². The minimum absolute atomic E-state index is 0.244. The number of anilines is 1. The summed E-state index contributed by atoms with van der Waals surface area (Å²) in [6, 6.07) is 13.8. The van der Waals surface area contributed by atoms with Crippen LogP contribution in [0.2, 0.25) is 0 Å². The highest BCUT2D eigenvalue weighted by molar-refractivity contribution is 6.07. The zero-order chi connectivity index (χ0) is 19.7. The zero-order valence-electron chi connectivity index (χ0n) is 15.5. The standard InChI is InChI=1S/C21H19FN4O2/c1-25-18-7-4-8-20(28-2)17(18)10-19(25)21(27)24-16-11-23-26(13-16)12-14-5-3-6-15(22)9-14/h3-11,13H,12H2,1-2H3,(H,24,27). The van der Waals surface area contributed by atoms with E-state index < -0.39 is 0 Å². The number of nitrogens with one attached hydrogen (secondary N) is 1. The molecule has 0 aliphatic carbocycles. The average molecular weight is 378 g/mol. The van der Waals surface area contributed by atoms with Crippen molar-refractivity contribution in [2.45, 2.75) is 6.54 Å². The topological polar surface area (TPSA) is 61.1 Å². The molecule has 0 saturated heterocycles. The molecule has 0 aliphatic heterocycles. The Morgan fingerprint density at radius 1 is 1.21 bits per heavy atom. The maximum absolute atomic E-state index is 13.3. The number of carbonyl (C=O) groups is 1. The molecule has 7 heteroatoms. The first-order valence-corrected chi connectivity index (χ1v) is 8.76. The number of methoxy groups -OCH3 is 1. The van der Waals surface area contributed by atoms with Crippen LogP contribution in [-0.4, -0.2) is 27.4 Å². The van der Waals surface area contributed by atoms with Gasteiger partial charge in [0.05, 0.1) is 31.1 Å². The van der Waals surface area contributed by atoms with Crippen molar-refractivity contribution < 1.29 is 13.9 Å². The molecular weight excluding hydrogens is 359 g/mol. The van der Waals surface area contributed by atoms with E-state index in [4.69, 9.17) is 4.74 Å². The number of aryl methyl sites for hydroxylation is 1. The number of fused-ring (bicyclic) bond motifs is 1. The van der Waals surface area contributed by atoms with Crippen LogP contribution in [0.4, 0.5) is 10.1 Å². The molecule has 4 rings (SSSR count). The number of ether oxygens (including phenoxy) is 1. The van der Waals surface area contributed by atoms with Crippen LogP contribution >= 0.6 is 0 Å². The van der Waals surface area contributed by atoms with E-state index in [2.05, 4.69) is 10.4 Å². The molecule has 0 fully saturated rings. The van der Waals surface area contributed by atoms with E-state index in [9.17, 15) is 9.18 Å². The molecule has 28 heavy (non-hydrogen) atoms. The lowest BCUT2D eigenvalue weighted by Crippen LogP contribution is -2.15. The fourth-order valence-electron chi connectivity index (χ4n) is 3.26. The van der Waals surface area contributed by atoms with Crippen molar-refractivity contribution in [3.05, 3.63) is 78.0 Å². The number of benzene rings is 2. The first-order chi connectivity index (χ1) is 13.5. The van der Waals surface area contributed by atoms with Crippen molar-refractivity contribution in [3.63, 3.8) is 0 Å². The lowest BCUT2D eigenvalue weighted by molar-refractivity contribution is 0.101. The Labute approximate surface area is 161 Å². The third-order valence-electron chi connectivity index (χ3n) is 4.62. The van der Waals surface area contributed by atoms with Crippen molar-refractivity contribution in [1.82, 2.24) is 14.3 Å². The summed E-state index contributed by atoms with van der Waals surface area (Å²) < 4.78 is 22.2. The highest BCUT2D eigenvalue weighted by Gasteiger charge is 2.16. The largest absolute Gasteiger partial charge is 0.496 e. The number of rotatable bonds is 5. The van der Waals surface area contributed by atoms with Gasteiger partial charge in [-0.1, -0.05) is 18.2 Å². The monoisotopic (exact) mass is 378 g/mol. The quantitative estimate of drug-likeness (QED) is 0.574. The molecular formula is C21H19FN4O2. The number of amides is 1. The summed E-state index contributed by atoms with van der Waals surface area (Å²) in [4.78, 5) is 12.8. The fraction of sp³-hybridized carbons (Fsp3) is 0.143. The number of hydrogen-bond acceptors (Lipinski definition) is 3. The second-order valence-electron chi connectivity index (χ2n) is 6.49. The molecule has 0 radical (unpaired) electrons. The molecule has 0 aliphatic rings. The van der Waals surface area contributed by atoms with Crippen LogP contribution in [-0.2, 0) is 13.6 Å². The molecule has 0 bridgehead atoms. The van der Waals surface area contributed by atoms with Gasteiger partial charge in [0.15, 0.2) is 0 Å². The third-order valence-corrected chi connectivity index (χ3v) is 4.62. The normalized spacial score (nSPS) is 11.0. The average Bonchev–Trinajstić information content (AvgIpc) is 3.26. The number of halogens is 1. The molecule has 2 aromatic heterocycles. The Morgan fingerprint density at radius 2 is 2.04 bits per heavy atom. The molecule has 0 saturated carbocycles. The van der Waals surface area contributed by atoms with Crippen LogP contribution in [0.15, 0.2) is 60.9 Å². The molecule has 2 heterocycles. The molecule has 4 aromatic rings. The summed E-state index contributed by atoms with van der Waals surface area (Å²) in [5.74, 6) is 0.186. The van der Waals surface area contributed by atoms with E-state index >= 15 is 0 Å². The summed E-state index contributed by atoms with van der Waals surface area (Å²) in [5, 5.41) is 7.96. The maximum Gasteiger partial charge on any atom is 0.272 e. The number of carbonyl (C=O) groups excluding carboxylic acids is 1. The molecule has 142 valence electrons. The van der Waals surface area contributed by atoms with Crippen LogP contribution in [0.1, 0.15) is 16.1 Å². The third kappa shape index (κ3) is 3.34. The van der Waals surface area contributed by atoms with Crippen molar-refractivity contribution in [2.75, 3.05) is 12.4 Å². The van der Waals surface area contributed by atoms with Gasteiger partial charge in [-0.25, -0.2) is 4.39 Å². The second kappa shape index (κ2) is 7.19. The predicted octanol–water partition coefficient (Wildman–Crippen LogP) is 3.82. The second-order valence-corrected chi connectivity index (χ2v) is 6.49. The van der Waals surface area contributed by atoms with Gasteiger partial charge in [0.1, 0.15) is 17.3 Å². The molecule has 0 atom stereocenters. The van der Waals surface area contributed by atoms with Crippen molar-refractivity contribution in [1.29, 1.82) is 0 Å². The number of hydrogen-bond donors (Lipinski definition) is 1. The smallest absolute Gasteiger partial charge is 0.272 e. The fourth-order valence-corrected chi connectivity index (χ4v) is 3.26. The highest BCUT2D eigenvalue weighted by Crippen LogP contribution is 2.28. The van der Waals surface area contributed by atoms with Gasteiger partial charge in [0.25, 0.3) is 5.91 Å². The predicted molar refractivity (Wildman–Crippen MR) is 105 cm³/mol. The van der Waals surface area contributed by atoms with Crippen LogP contribution in [0.3, 0.4) is 0 Å². The van der Waals surface area contributed by atoms with Crippen LogP contribution < -0.4 is 10.1 Å². The Balaban J connectivity index is 1.54. The van der Waals surface area contributed by atoms with Gasteiger partial charge in [0.2, 0.25) is 0 Å². The van der Waals surface area contributed by atoms with E-state index in [0.29, 0.717) is 17.9 Å². The number of aromatic nitrogens is 3. The minimum Gasteiger partial charge on any atom is -0.496 e. The lowest BCUT2D eigenvalue weighted by atomic mass is 10.2. The van der Waals surface area contributed by atoms with Gasteiger partial charge in [-0.2, -0.15) is 5.10 Å². The molecule has 2 aromatic carbocycles. The maximum atomic E-state index is 13.3. The van der Waals surface area contributed by atoms with Gasteiger partial charge < -0.3 is 14.6 Å². The van der Waals surface area contributed by atoms with E-state index in [-0.39, 0.29) is 11.7 Å². The van der Waals surface area contributed by atoms with Crippen molar-refractivity contribution in [3.8, 4) is 5.75 Å². The summed E-state index contributed by atoms with van der Waals surface area (Å²) in [7, 11) is 3.44. The first-order valence-electron chi connectivity index (χ1n) is 8.76. The summed E-state index contributed by atoms with van der Waals surface area (Å²) in [5.41, 5.74) is 2.78. The van der Waals surface area contributed by atoms with Crippen molar-refractivity contribution >= 4 is 22.5 Å². The van der Waals surface area contributed by atoms with E-state index in [1.807, 2.05) is 35.9 Å². The molecule has 1 amide bonds. The highest BCUT2D eigenvalue weighted by atomic mass is 19.1. The van der Waals surface area contributed by atoms with Crippen LogP contribution in [0.25, 0.3) is 10.9 Å². The summed E-state index contributed by atoms with van der Waals surface area (Å²) >= 11 is 0. The molecule has 1 N–H and O–H groups in total. The van der Waals surface area contributed by atoms with E-state index in [1.54, 1.807) is 36.3 Å². The van der Waals surface area contributed by atoms with Gasteiger partial charge in [0, 0.05) is 18.6 Å².